The van der Waals surface area contributed by atoms with Gasteiger partial charge in [-0.05, 0) is 42.4 Å². The lowest BCUT2D eigenvalue weighted by Crippen LogP contribution is -2.40. The largest absolute Gasteiger partial charge is 0.497 e. The zero-order valence-electron chi connectivity index (χ0n) is 12.6. The van der Waals surface area contributed by atoms with E-state index < -0.39 is 0 Å². The smallest absolute Gasteiger partial charge is 0.119 e. The van der Waals surface area contributed by atoms with Crippen LogP contribution in [0.2, 0.25) is 0 Å². The van der Waals surface area contributed by atoms with Crippen LogP contribution >= 0.6 is 0 Å². The number of hydrogen-bond donors (Lipinski definition) is 2. The minimum atomic E-state index is -0.368. The molecule has 1 aliphatic rings. The van der Waals surface area contributed by atoms with Crippen molar-refractivity contribution in [2.24, 2.45) is 11.1 Å². The number of benzene rings is 1. The van der Waals surface area contributed by atoms with Crippen molar-refractivity contribution >= 4 is 0 Å². The van der Waals surface area contributed by atoms with Gasteiger partial charge in [0.15, 0.2) is 0 Å². The van der Waals surface area contributed by atoms with E-state index in [9.17, 15) is 5.11 Å². The Morgan fingerprint density at radius 2 is 2.05 bits per heavy atom. The van der Waals surface area contributed by atoms with Crippen LogP contribution in [0, 0.1) is 5.41 Å². The van der Waals surface area contributed by atoms with E-state index in [1.165, 1.54) is 12.8 Å². The molecule has 0 spiro atoms. The van der Waals surface area contributed by atoms with Crippen molar-refractivity contribution in [2.75, 3.05) is 13.7 Å². The second-order valence-electron chi connectivity index (χ2n) is 5.99. The Kier molecular flexibility index (Phi) is 5.06. The number of nitrogens with two attached hydrogens (primary N) is 1. The SMILES string of the molecule is CCC1(C(O)C(CN)c2cccc(OC)c2)CCCC1. The van der Waals surface area contributed by atoms with Gasteiger partial charge in [0.1, 0.15) is 5.75 Å². The van der Waals surface area contributed by atoms with Gasteiger partial charge < -0.3 is 15.6 Å². The third-order valence-corrected chi connectivity index (χ3v) is 5.09. The molecular formula is C17H27NO2. The fourth-order valence-corrected chi connectivity index (χ4v) is 3.68. The maximum absolute atomic E-state index is 11.0. The van der Waals surface area contributed by atoms with Crippen LogP contribution in [0.1, 0.15) is 50.5 Å². The fourth-order valence-electron chi connectivity index (χ4n) is 3.68. The predicted molar refractivity (Wildman–Crippen MR) is 82.0 cm³/mol. The number of hydrogen-bond acceptors (Lipinski definition) is 3. The molecule has 1 fully saturated rings. The Balaban J connectivity index is 2.26. The van der Waals surface area contributed by atoms with Crippen LogP contribution in [-0.4, -0.2) is 24.9 Å². The standard InChI is InChI=1S/C17H27NO2/c1-3-17(9-4-5-10-17)16(19)15(12-18)13-7-6-8-14(11-13)20-2/h6-8,11,15-16,19H,3-5,9-10,12,18H2,1-2H3. The molecule has 1 aliphatic carbocycles. The van der Waals surface area contributed by atoms with Gasteiger partial charge in [0.05, 0.1) is 13.2 Å². The van der Waals surface area contributed by atoms with Crippen LogP contribution in [0.25, 0.3) is 0 Å². The Hall–Kier alpha value is -1.06. The van der Waals surface area contributed by atoms with E-state index in [1.807, 2.05) is 24.3 Å². The van der Waals surface area contributed by atoms with Crippen LogP contribution in [0.15, 0.2) is 24.3 Å². The second-order valence-corrected chi connectivity index (χ2v) is 5.99. The monoisotopic (exact) mass is 277 g/mol. The van der Waals surface area contributed by atoms with E-state index in [-0.39, 0.29) is 17.4 Å². The molecule has 0 saturated heterocycles. The maximum Gasteiger partial charge on any atom is 0.119 e. The van der Waals surface area contributed by atoms with Gasteiger partial charge >= 0.3 is 0 Å². The maximum atomic E-state index is 11.0. The van der Waals surface area contributed by atoms with Crippen LogP contribution in [0.3, 0.4) is 0 Å². The topological polar surface area (TPSA) is 55.5 Å². The second kappa shape index (κ2) is 6.59. The summed E-state index contributed by atoms with van der Waals surface area (Å²) in [5.74, 6) is 0.813. The van der Waals surface area contributed by atoms with Crippen LogP contribution in [0.5, 0.6) is 5.75 Å². The number of rotatable bonds is 6. The van der Waals surface area contributed by atoms with Crippen molar-refractivity contribution in [3.63, 3.8) is 0 Å². The van der Waals surface area contributed by atoms with Gasteiger partial charge in [-0.15, -0.1) is 0 Å². The molecule has 3 N–H and O–H groups in total. The number of methoxy groups -OCH3 is 1. The molecule has 0 bridgehead atoms. The van der Waals surface area contributed by atoms with Crippen LogP contribution in [-0.2, 0) is 0 Å². The normalized spacial score (nSPS) is 20.6. The minimum absolute atomic E-state index is 0.0110. The van der Waals surface area contributed by atoms with E-state index in [0.29, 0.717) is 6.54 Å². The first-order chi connectivity index (χ1) is 9.66. The molecular weight excluding hydrogens is 250 g/mol. The van der Waals surface area contributed by atoms with Crippen LogP contribution < -0.4 is 10.5 Å². The molecule has 2 atom stereocenters. The summed E-state index contributed by atoms with van der Waals surface area (Å²) in [7, 11) is 1.66. The lowest BCUT2D eigenvalue weighted by molar-refractivity contribution is 0.00597. The van der Waals surface area contributed by atoms with E-state index >= 15 is 0 Å². The Morgan fingerprint density at radius 1 is 1.35 bits per heavy atom. The third kappa shape index (κ3) is 2.84. The highest BCUT2D eigenvalue weighted by atomic mass is 16.5. The van der Waals surface area contributed by atoms with E-state index in [2.05, 4.69) is 6.92 Å². The summed E-state index contributed by atoms with van der Waals surface area (Å²) < 4.78 is 5.28. The average Bonchev–Trinajstić information content (AvgIpc) is 2.98. The highest BCUT2D eigenvalue weighted by Crippen LogP contribution is 2.47. The zero-order valence-corrected chi connectivity index (χ0v) is 12.6. The zero-order chi connectivity index (χ0) is 14.6. The fraction of sp³-hybridized carbons (Fsp3) is 0.647. The predicted octanol–water partition coefficient (Wildman–Crippen LogP) is 3.07. The van der Waals surface area contributed by atoms with Crippen molar-refractivity contribution in [2.45, 2.75) is 51.0 Å². The molecule has 0 radical (unpaired) electrons. The van der Waals surface area contributed by atoms with Gasteiger partial charge in [0.2, 0.25) is 0 Å². The summed E-state index contributed by atoms with van der Waals surface area (Å²) in [5.41, 5.74) is 7.11. The van der Waals surface area contributed by atoms with Gasteiger partial charge in [-0.25, -0.2) is 0 Å². The summed E-state index contributed by atoms with van der Waals surface area (Å²) in [6, 6.07) is 7.94. The van der Waals surface area contributed by atoms with Gasteiger partial charge in [0, 0.05) is 12.5 Å². The molecule has 1 aromatic carbocycles. The molecule has 1 aromatic rings. The third-order valence-electron chi connectivity index (χ3n) is 5.09. The van der Waals surface area contributed by atoms with E-state index in [0.717, 1.165) is 30.6 Å². The number of aliphatic hydroxyl groups is 1. The lowest BCUT2D eigenvalue weighted by Gasteiger charge is -2.38. The Labute approximate surface area is 122 Å². The van der Waals surface area contributed by atoms with Gasteiger partial charge in [-0.1, -0.05) is 31.9 Å². The molecule has 0 heterocycles. The van der Waals surface area contributed by atoms with Crippen molar-refractivity contribution in [1.29, 1.82) is 0 Å². The first kappa shape index (κ1) is 15.3. The molecule has 3 heteroatoms. The lowest BCUT2D eigenvalue weighted by atomic mass is 9.71. The van der Waals surface area contributed by atoms with E-state index in [1.54, 1.807) is 7.11 Å². The Morgan fingerprint density at radius 3 is 2.60 bits per heavy atom. The highest BCUT2D eigenvalue weighted by molar-refractivity contribution is 5.32. The molecule has 112 valence electrons. The molecule has 0 amide bonds. The van der Waals surface area contributed by atoms with Crippen LogP contribution in [0.4, 0.5) is 0 Å². The molecule has 0 aromatic heterocycles. The average molecular weight is 277 g/mol. The number of ether oxygens (including phenoxy) is 1. The molecule has 1 saturated carbocycles. The van der Waals surface area contributed by atoms with Crippen molar-refractivity contribution in [3.8, 4) is 5.75 Å². The summed E-state index contributed by atoms with van der Waals surface area (Å²) in [5, 5.41) is 11.0. The van der Waals surface area contributed by atoms with Crippen molar-refractivity contribution in [1.82, 2.24) is 0 Å². The van der Waals surface area contributed by atoms with Gasteiger partial charge in [-0.2, -0.15) is 0 Å². The molecule has 20 heavy (non-hydrogen) atoms. The Bertz CT molecular complexity index is 427. The quantitative estimate of drug-likeness (QED) is 0.840. The molecule has 2 rings (SSSR count). The molecule has 2 unspecified atom stereocenters. The summed E-state index contributed by atoms with van der Waals surface area (Å²) in [6.45, 7) is 2.66. The molecule has 3 nitrogen and oxygen atoms in total. The summed E-state index contributed by atoms with van der Waals surface area (Å²) in [4.78, 5) is 0. The van der Waals surface area contributed by atoms with Gasteiger partial charge in [-0.3, -0.25) is 0 Å². The van der Waals surface area contributed by atoms with Crippen molar-refractivity contribution in [3.05, 3.63) is 29.8 Å². The molecule has 0 aliphatic heterocycles. The van der Waals surface area contributed by atoms with E-state index in [4.69, 9.17) is 10.5 Å². The van der Waals surface area contributed by atoms with Crippen molar-refractivity contribution < 1.29 is 9.84 Å². The summed E-state index contributed by atoms with van der Waals surface area (Å²) in [6.07, 6.45) is 5.33. The summed E-state index contributed by atoms with van der Waals surface area (Å²) >= 11 is 0. The number of aliphatic hydroxyl groups excluding tert-OH is 1. The van der Waals surface area contributed by atoms with Gasteiger partial charge in [0.25, 0.3) is 0 Å². The highest BCUT2D eigenvalue weighted by Gasteiger charge is 2.42. The first-order valence-electron chi connectivity index (χ1n) is 7.69. The minimum Gasteiger partial charge on any atom is -0.497 e. The first-order valence-corrected chi connectivity index (χ1v) is 7.69.